The van der Waals surface area contributed by atoms with Crippen molar-refractivity contribution in [3.05, 3.63) is 59.7 Å². The fourth-order valence-electron chi connectivity index (χ4n) is 2.20. The van der Waals surface area contributed by atoms with Crippen molar-refractivity contribution in [2.45, 2.75) is 17.9 Å². The second-order valence-electron chi connectivity index (χ2n) is 5.48. The van der Waals surface area contributed by atoms with Crippen LogP contribution in [0.4, 0.5) is 19.6 Å². The molecule has 0 aliphatic heterocycles. The number of Topliss-reactive ketones (excluding diaryl/α,β-unsaturated/α-hetero) is 1. The number of benzene rings is 2. The number of nitrogens with one attached hydrogen (secondary N) is 1. The summed E-state index contributed by atoms with van der Waals surface area (Å²) in [5.41, 5.74) is 2.48. The minimum Gasteiger partial charge on any atom is -0.435 e. The average Bonchev–Trinajstić information content (AvgIpc) is 3.07. The zero-order chi connectivity index (χ0) is 19.2. The third-order valence-electron chi connectivity index (χ3n) is 3.40. The van der Waals surface area contributed by atoms with Gasteiger partial charge in [-0.25, -0.2) is 0 Å². The highest BCUT2D eigenvalue weighted by atomic mass is 32.2. The van der Waals surface area contributed by atoms with Gasteiger partial charge in [0.05, 0.1) is 5.75 Å². The lowest BCUT2D eigenvalue weighted by molar-refractivity contribution is -0.0498. The molecule has 0 unspecified atom stereocenters. The molecule has 0 spiro atoms. The van der Waals surface area contributed by atoms with Crippen LogP contribution >= 0.6 is 23.1 Å². The quantitative estimate of drug-likeness (QED) is 0.411. The summed E-state index contributed by atoms with van der Waals surface area (Å²) in [6, 6.07) is 13.5. The van der Waals surface area contributed by atoms with E-state index < -0.39 is 6.61 Å². The predicted octanol–water partition coefficient (Wildman–Crippen LogP) is 5.17. The van der Waals surface area contributed by atoms with Gasteiger partial charge in [0.1, 0.15) is 5.75 Å². The zero-order valence-electron chi connectivity index (χ0n) is 14.2. The molecule has 3 rings (SSSR count). The summed E-state index contributed by atoms with van der Waals surface area (Å²) in [6.07, 6.45) is 0. The predicted molar refractivity (Wildman–Crippen MR) is 102 cm³/mol. The maximum absolute atomic E-state index is 12.2. The number of alkyl halides is 2. The number of aryl methyl sites for hydroxylation is 1. The SMILES string of the molecule is Cc1cccc(Nc2nnc(SCC(=O)c3ccc(OC(F)F)cc3)s2)c1. The molecule has 0 radical (unpaired) electrons. The third kappa shape index (κ3) is 5.73. The Labute approximate surface area is 162 Å². The Bertz CT molecular complexity index is 917. The Balaban J connectivity index is 1.54. The van der Waals surface area contributed by atoms with Crippen molar-refractivity contribution in [2.24, 2.45) is 0 Å². The van der Waals surface area contributed by atoms with Gasteiger partial charge < -0.3 is 10.1 Å². The zero-order valence-corrected chi connectivity index (χ0v) is 15.8. The minimum absolute atomic E-state index is 0.0187. The number of ketones is 1. The van der Waals surface area contributed by atoms with E-state index in [0.717, 1.165) is 11.3 Å². The van der Waals surface area contributed by atoms with E-state index in [1.807, 2.05) is 31.2 Å². The standard InChI is InChI=1S/C18H15F2N3O2S2/c1-11-3-2-4-13(9-11)21-17-22-23-18(27-17)26-10-15(24)12-5-7-14(8-6-12)25-16(19)20/h2-9,16H,10H2,1H3,(H,21,22). The highest BCUT2D eigenvalue weighted by Crippen LogP contribution is 2.28. The van der Waals surface area contributed by atoms with Gasteiger partial charge in [-0.2, -0.15) is 8.78 Å². The number of ether oxygens (including phenoxy) is 1. The Morgan fingerprint density at radius 3 is 2.70 bits per heavy atom. The van der Waals surface area contributed by atoms with E-state index in [4.69, 9.17) is 0 Å². The van der Waals surface area contributed by atoms with Gasteiger partial charge in [0.2, 0.25) is 5.13 Å². The summed E-state index contributed by atoms with van der Waals surface area (Å²) in [6.45, 7) is -0.883. The molecule has 0 saturated carbocycles. The van der Waals surface area contributed by atoms with Gasteiger partial charge >= 0.3 is 6.61 Å². The number of hydrogen-bond donors (Lipinski definition) is 1. The molecule has 1 N–H and O–H groups in total. The number of thioether (sulfide) groups is 1. The lowest BCUT2D eigenvalue weighted by atomic mass is 10.1. The second kappa shape index (κ2) is 8.92. The van der Waals surface area contributed by atoms with Crippen LogP contribution in [0, 0.1) is 6.92 Å². The van der Waals surface area contributed by atoms with E-state index in [-0.39, 0.29) is 17.3 Å². The summed E-state index contributed by atoms with van der Waals surface area (Å²) in [4.78, 5) is 12.2. The number of anilines is 2. The number of carbonyl (C=O) groups is 1. The van der Waals surface area contributed by atoms with E-state index in [1.165, 1.54) is 47.4 Å². The summed E-state index contributed by atoms with van der Waals surface area (Å²) >= 11 is 2.63. The summed E-state index contributed by atoms with van der Waals surface area (Å²) in [5.74, 6) is 0.0610. The van der Waals surface area contributed by atoms with Crippen LogP contribution in [0.25, 0.3) is 0 Å². The fraction of sp³-hybridized carbons (Fsp3) is 0.167. The first-order valence-electron chi connectivity index (χ1n) is 7.87. The lowest BCUT2D eigenvalue weighted by Gasteiger charge is -2.05. The van der Waals surface area contributed by atoms with Crippen LogP contribution in [-0.4, -0.2) is 28.3 Å². The molecule has 1 aromatic heterocycles. The monoisotopic (exact) mass is 407 g/mol. The van der Waals surface area contributed by atoms with E-state index >= 15 is 0 Å². The molecule has 0 amide bonds. The molecule has 0 aliphatic rings. The number of aromatic nitrogens is 2. The van der Waals surface area contributed by atoms with Gasteiger partial charge in [0, 0.05) is 11.3 Å². The first-order chi connectivity index (χ1) is 13.0. The van der Waals surface area contributed by atoms with Crippen molar-refractivity contribution in [3.8, 4) is 5.75 Å². The Kier molecular flexibility index (Phi) is 6.36. The van der Waals surface area contributed by atoms with Gasteiger partial charge in [0.25, 0.3) is 0 Å². The molecule has 5 nitrogen and oxygen atoms in total. The molecule has 2 aromatic carbocycles. The van der Waals surface area contributed by atoms with Crippen molar-refractivity contribution < 1.29 is 18.3 Å². The molecule has 0 bridgehead atoms. The van der Waals surface area contributed by atoms with Gasteiger partial charge in [0.15, 0.2) is 10.1 Å². The van der Waals surface area contributed by atoms with Crippen LogP contribution in [0.15, 0.2) is 52.9 Å². The molecule has 27 heavy (non-hydrogen) atoms. The number of nitrogens with zero attached hydrogens (tertiary/aromatic N) is 2. The molecule has 9 heteroatoms. The summed E-state index contributed by atoms with van der Waals surface area (Å²) in [5, 5.41) is 11.9. The molecule has 3 aromatic rings. The maximum Gasteiger partial charge on any atom is 0.387 e. The molecule has 0 aliphatic carbocycles. The molecule has 1 heterocycles. The summed E-state index contributed by atoms with van der Waals surface area (Å²) in [7, 11) is 0. The number of halogens is 2. The average molecular weight is 407 g/mol. The highest BCUT2D eigenvalue weighted by Gasteiger charge is 2.11. The fourth-order valence-corrected chi connectivity index (χ4v) is 3.86. The van der Waals surface area contributed by atoms with Crippen molar-refractivity contribution in [2.75, 3.05) is 11.1 Å². The molecule has 0 atom stereocenters. The number of rotatable bonds is 8. The van der Waals surface area contributed by atoms with Crippen LogP contribution < -0.4 is 10.1 Å². The van der Waals surface area contributed by atoms with Gasteiger partial charge in [-0.1, -0.05) is 35.2 Å². The second-order valence-corrected chi connectivity index (χ2v) is 7.68. The molecular formula is C18H15F2N3O2S2. The molecule has 0 saturated heterocycles. The van der Waals surface area contributed by atoms with Crippen molar-refractivity contribution in [1.29, 1.82) is 0 Å². The van der Waals surface area contributed by atoms with Crippen molar-refractivity contribution >= 4 is 39.7 Å². The minimum atomic E-state index is -2.89. The van der Waals surface area contributed by atoms with Crippen molar-refractivity contribution in [3.63, 3.8) is 0 Å². The maximum atomic E-state index is 12.2. The smallest absolute Gasteiger partial charge is 0.387 e. The first-order valence-corrected chi connectivity index (χ1v) is 9.68. The third-order valence-corrected chi connectivity index (χ3v) is 5.38. The van der Waals surface area contributed by atoms with E-state index in [1.54, 1.807) is 0 Å². The first kappa shape index (κ1) is 19.2. The van der Waals surface area contributed by atoms with E-state index in [0.29, 0.717) is 15.0 Å². The van der Waals surface area contributed by atoms with E-state index in [2.05, 4.69) is 20.3 Å². The Morgan fingerprint density at radius 1 is 1.22 bits per heavy atom. The molecular weight excluding hydrogens is 392 g/mol. The molecule has 140 valence electrons. The van der Waals surface area contributed by atoms with Gasteiger partial charge in [-0.3, -0.25) is 4.79 Å². The van der Waals surface area contributed by atoms with Crippen LogP contribution in [0.3, 0.4) is 0 Å². The lowest BCUT2D eigenvalue weighted by Crippen LogP contribution is -2.04. The normalized spacial score (nSPS) is 10.8. The summed E-state index contributed by atoms with van der Waals surface area (Å²) < 4.78 is 29.2. The van der Waals surface area contributed by atoms with Crippen LogP contribution in [0.5, 0.6) is 5.75 Å². The number of carbonyl (C=O) groups excluding carboxylic acids is 1. The van der Waals surface area contributed by atoms with Gasteiger partial charge in [-0.05, 0) is 48.9 Å². The van der Waals surface area contributed by atoms with E-state index in [9.17, 15) is 13.6 Å². The Hall–Kier alpha value is -2.52. The molecule has 0 fully saturated rings. The van der Waals surface area contributed by atoms with Gasteiger partial charge in [-0.15, -0.1) is 10.2 Å². The number of hydrogen-bond acceptors (Lipinski definition) is 7. The topological polar surface area (TPSA) is 64.1 Å². The highest BCUT2D eigenvalue weighted by molar-refractivity contribution is 8.01. The Morgan fingerprint density at radius 2 is 2.00 bits per heavy atom. The van der Waals surface area contributed by atoms with Crippen molar-refractivity contribution in [1.82, 2.24) is 10.2 Å². The van der Waals surface area contributed by atoms with Crippen LogP contribution in [-0.2, 0) is 0 Å². The largest absolute Gasteiger partial charge is 0.435 e. The van der Waals surface area contributed by atoms with Crippen LogP contribution in [0.2, 0.25) is 0 Å². The van der Waals surface area contributed by atoms with Crippen LogP contribution in [0.1, 0.15) is 15.9 Å².